The highest BCUT2D eigenvalue weighted by Gasteiger charge is 2.13. The average molecular weight is 266 g/mol. The normalized spacial score (nSPS) is 11.6. The van der Waals surface area contributed by atoms with Crippen LogP contribution in [-0.4, -0.2) is 29.5 Å². The zero-order valence-corrected chi connectivity index (χ0v) is 10.5. The SMILES string of the molecule is O=S(=O)(NCCCn1ccnc1)c1ccccn1. The zero-order valence-electron chi connectivity index (χ0n) is 9.73. The fraction of sp³-hybridized carbons (Fsp3) is 0.273. The van der Waals surface area contributed by atoms with Crippen LogP contribution in [0.15, 0.2) is 48.1 Å². The summed E-state index contributed by atoms with van der Waals surface area (Å²) in [5, 5.41) is 0.0487. The predicted octanol–water partition coefficient (Wildman–Crippen LogP) is 0.647. The molecular formula is C11H14N4O2S. The Morgan fingerprint density at radius 1 is 1.28 bits per heavy atom. The molecule has 0 bridgehead atoms. The van der Waals surface area contributed by atoms with Crippen LogP contribution in [0.1, 0.15) is 6.42 Å². The first-order valence-corrected chi connectivity index (χ1v) is 7.03. The predicted molar refractivity (Wildman–Crippen MR) is 66.3 cm³/mol. The molecule has 0 amide bonds. The molecule has 96 valence electrons. The highest BCUT2D eigenvalue weighted by molar-refractivity contribution is 7.89. The zero-order chi connectivity index (χ0) is 12.8. The van der Waals surface area contributed by atoms with Crippen LogP contribution in [0.2, 0.25) is 0 Å². The number of hydrogen-bond donors (Lipinski definition) is 1. The van der Waals surface area contributed by atoms with E-state index in [2.05, 4.69) is 14.7 Å². The first-order chi connectivity index (χ1) is 8.68. The molecule has 0 radical (unpaired) electrons. The molecule has 0 fully saturated rings. The van der Waals surface area contributed by atoms with Crippen molar-refractivity contribution in [3.63, 3.8) is 0 Å². The van der Waals surface area contributed by atoms with Gasteiger partial charge >= 0.3 is 0 Å². The first-order valence-electron chi connectivity index (χ1n) is 5.55. The lowest BCUT2D eigenvalue weighted by molar-refractivity contribution is 0.566. The lowest BCUT2D eigenvalue weighted by Gasteiger charge is -2.06. The van der Waals surface area contributed by atoms with Crippen molar-refractivity contribution < 1.29 is 8.42 Å². The minimum atomic E-state index is -3.49. The summed E-state index contributed by atoms with van der Waals surface area (Å²) < 4.78 is 28.0. The van der Waals surface area contributed by atoms with Gasteiger partial charge in [0, 0.05) is 31.7 Å². The number of nitrogens with one attached hydrogen (secondary N) is 1. The Hall–Kier alpha value is -1.73. The third-order valence-corrected chi connectivity index (χ3v) is 3.73. The molecule has 2 heterocycles. The molecule has 0 atom stereocenters. The van der Waals surface area contributed by atoms with Crippen LogP contribution in [0.25, 0.3) is 0 Å². The maximum Gasteiger partial charge on any atom is 0.258 e. The van der Waals surface area contributed by atoms with E-state index in [0.29, 0.717) is 13.0 Å². The molecule has 7 heteroatoms. The second kappa shape index (κ2) is 5.74. The second-order valence-electron chi connectivity index (χ2n) is 3.72. The van der Waals surface area contributed by atoms with Crippen LogP contribution in [0.4, 0.5) is 0 Å². The van der Waals surface area contributed by atoms with E-state index in [-0.39, 0.29) is 5.03 Å². The Morgan fingerprint density at radius 3 is 2.83 bits per heavy atom. The fourth-order valence-corrected chi connectivity index (χ4v) is 2.49. The largest absolute Gasteiger partial charge is 0.337 e. The topological polar surface area (TPSA) is 76.9 Å². The van der Waals surface area contributed by atoms with Crippen molar-refractivity contribution in [3.8, 4) is 0 Å². The van der Waals surface area contributed by atoms with Crippen LogP contribution in [0.5, 0.6) is 0 Å². The van der Waals surface area contributed by atoms with Gasteiger partial charge in [-0.2, -0.15) is 0 Å². The smallest absolute Gasteiger partial charge is 0.258 e. The minimum absolute atomic E-state index is 0.0487. The van der Waals surface area contributed by atoms with Crippen molar-refractivity contribution in [3.05, 3.63) is 43.1 Å². The average Bonchev–Trinajstić information content (AvgIpc) is 2.89. The first kappa shape index (κ1) is 12.7. The van der Waals surface area contributed by atoms with E-state index >= 15 is 0 Å². The van der Waals surface area contributed by atoms with Gasteiger partial charge in [0.15, 0.2) is 5.03 Å². The monoisotopic (exact) mass is 266 g/mol. The molecule has 2 aromatic rings. The van der Waals surface area contributed by atoms with Gasteiger partial charge in [0.1, 0.15) is 0 Å². The van der Waals surface area contributed by atoms with Gasteiger partial charge < -0.3 is 4.57 Å². The summed E-state index contributed by atoms with van der Waals surface area (Å²) in [6.45, 7) is 1.10. The Bertz CT molecular complexity index is 566. The highest BCUT2D eigenvalue weighted by Crippen LogP contribution is 2.02. The molecule has 0 unspecified atom stereocenters. The Balaban J connectivity index is 1.83. The van der Waals surface area contributed by atoms with Gasteiger partial charge in [0.2, 0.25) is 0 Å². The molecule has 2 rings (SSSR count). The standard InChI is InChI=1S/C11H14N4O2S/c16-18(17,11-4-1-2-5-13-11)14-6-3-8-15-9-7-12-10-15/h1-2,4-5,7,9-10,14H,3,6,8H2. The summed E-state index contributed by atoms with van der Waals surface area (Å²) in [7, 11) is -3.49. The van der Waals surface area contributed by atoms with Gasteiger partial charge in [0.25, 0.3) is 10.0 Å². The molecule has 18 heavy (non-hydrogen) atoms. The lowest BCUT2D eigenvalue weighted by atomic mass is 10.4. The highest BCUT2D eigenvalue weighted by atomic mass is 32.2. The van der Waals surface area contributed by atoms with Gasteiger partial charge in [-0.3, -0.25) is 0 Å². The quantitative estimate of drug-likeness (QED) is 0.779. The number of hydrogen-bond acceptors (Lipinski definition) is 4. The molecule has 0 spiro atoms. The molecule has 0 aromatic carbocycles. The van der Waals surface area contributed by atoms with Crippen molar-refractivity contribution in [1.82, 2.24) is 19.3 Å². The van der Waals surface area contributed by atoms with E-state index in [1.165, 1.54) is 12.3 Å². The molecule has 0 aliphatic carbocycles. The van der Waals surface area contributed by atoms with Gasteiger partial charge in [0.05, 0.1) is 6.33 Å². The number of rotatable bonds is 6. The maximum absolute atomic E-state index is 11.8. The molecule has 6 nitrogen and oxygen atoms in total. The molecule has 2 aromatic heterocycles. The Labute approximate surface area is 106 Å². The second-order valence-corrected chi connectivity index (χ2v) is 5.43. The van der Waals surface area contributed by atoms with Crippen LogP contribution >= 0.6 is 0 Å². The summed E-state index contributed by atoms with van der Waals surface area (Å²) in [6.07, 6.45) is 7.39. The van der Waals surface area contributed by atoms with Crippen LogP contribution in [0, 0.1) is 0 Å². The third kappa shape index (κ3) is 3.38. The Morgan fingerprint density at radius 2 is 2.17 bits per heavy atom. The molecule has 1 N–H and O–H groups in total. The number of pyridine rings is 1. The van der Waals surface area contributed by atoms with E-state index in [1.807, 2.05) is 10.8 Å². The maximum atomic E-state index is 11.8. The van der Waals surface area contributed by atoms with Crippen LogP contribution < -0.4 is 4.72 Å². The lowest BCUT2D eigenvalue weighted by Crippen LogP contribution is -2.26. The van der Waals surface area contributed by atoms with Gasteiger partial charge in [-0.1, -0.05) is 6.07 Å². The van der Waals surface area contributed by atoms with Crippen molar-refractivity contribution in [2.24, 2.45) is 0 Å². The van der Waals surface area contributed by atoms with E-state index in [1.54, 1.807) is 24.7 Å². The molecule has 0 saturated carbocycles. The van der Waals surface area contributed by atoms with Crippen LogP contribution in [-0.2, 0) is 16.6 Å². The third-order valence-electron chi connectivity index (χ3n) is 2.36. The summed E-state index contributed by atoms with van der Waals surface area (Å²) in [6, 6.07) is 4.79. The number of nitrogens with zero attached hydrogens (tertiary/aromatic N) is 3. The van der Waals surface area contributed by atoms with E-state index in [4.69, 9.17) is 0 Å². The van der Waals surface area contributed by atoms with Crippen molar-refractivity contribution >= 4 is 10.0 Å². The van der Waals surface area contributed by atoms with E-state index in [0.717, 1.165) is 6.54 Å². The van der Waals surface area contributed by atoms with Crippen molar-refractivity contribution in [2.45, 2.75) is 18.0 Å². The summed E-state index contributed by atoms with van der Waals surface area (Å²) >= 11 is 0. The number of imidazole rings is 1. The molecular weight excluding hydrogens is 252 g/mol. The number of aryl methyl sites for hydroxylation is 1. The fourth-order valence-electron chi connectivity index (χ4n) is 1.47. The van der Waals surface area contributed by atoms with Crippen molar-refractivity contribution in [2.75, 3.05) is 6.54 Å². The van der Waals surface area contributed by atoms with Gasteiger partial charge in [-0.25, -0.2) is 23.1 Å². The summed E-state index contributed by atoms with van der Waals surface area (Å²) in [4.78, 5) is 7.72. The Kier molecular flexibility index (Phi) is 4.06. The van der Waals surface area contributed by atoms with Gasteiger partial charge in [-0.15, -0.1) is 0 Å². The number of aromatic nitrogens is 3. The van der Waals surface area contributed by atoms with Crippen LogP contribution in [0.3, 0.4) is 0 Å². The van der Waals surface area contributed by atoms with E-state index < -0.39 is 10.0 Å². The van der Waals surface area contributed by atoms with Gasteiger partial charge in [-0.05, 0) is 18.6 Å². The summed E-state index contributed by atoms with van der Waals surface area (Å²) in [5.41, 5.74) is 0. The molecule has 0 saturated heterocycles. The summed E-state index contributed by atoms with van der Waals surface area (Å²) in [5.74, 6) is 0. The van der Waals surface area contributed by atoms with Crippen molar-refractivity contribution in [1.29, 1.82) is 0 Å². The number of sulfonamides is 1. The molecule has 0 aliphatic rings. The minimum Gasteiger partial charge on any atom is -0.337 e. The van der Waals surface area contributed by atoms with E-state index in [9.17, 15) is 8.42 Å². The molecule has 0 aliphatic heterocycles.